The molecule has 0 aliphatic carbocycles. The molecule has 0 radical (unpaired) electrons. The van der Waals surface area contributed by atoms with Crippen molar-refractivity contribution in [2.24, 2.45) is 0 Å². The van der Waals surface area contributed by atoms with Crippen LogP contribution in [0.25, 0.3) is 10.1 Å². The van der Waals surface area contributed by atoms with Crippen molar-refractivity contribution in [2.75, 3.05) is 0 Å². The Kier molecular flexibility index (Phi) is 2.97. The average molecular weight is 234 g/mol. The maximum atomic E-state index is 10.6. The highest BCUT2D eigenvalue weighted by molar-refractivity contribution is 7.19. The molecule has 0 bridgehead atoms. The van der Waals surface area contributed by atoms with E-state index in [0.29, 0.717) is 6.42 Å². The number of carboxylic acid groups (broad SMARTS) is 1. The molecule has 1 heterocycles. The van der Waals surface area contributed by atoms with Crippen LogP contribution in [0.3, 0.4) is 0 Å². The van der Waals surface area contributed by atoms with Crippen molar-refractivity contribution in [1.29, 1.82) is 0 Å². The van der Waals surface area contributed by atoms with Gasteiger partial charge in [0.05, 0.1) is 0 Å². The molecule has 0 atom stereocenters. The molecule has 84 valence electrons. The van der Waals surface area contributed by atoms with Crippen LogP contribution < -0.4 is 0 Å². The van der Waals surface area contributed by atoms with Crippen molar-refractivity contribution in [3.05, 3.63) is 34.2 Å². The predicted octanol–water partition coefficient (Wildman–Crippen LogP) is 3.54. The Morgan fingerprint density at radius 1 is 1.38 bits per heavy atom. The fourth-order valence-corrected chi connectivity index (χ4v) is 3.13. The van der Waals surface area contributed by atoms with Gasteiger partial charge in [-0.1, -0.05) is 12.1 Å². The van der Waals surface area contributed by atoms with Gasteiger partial charge >= 0.3 is 5.97 Å². The van der Waals surface area contributed by atoms with Crippen LogP contribution in [0.5, 0.6) is 0 Å². The van der Waals surface area contributed by atoms with Crippen molar-refractivity contribution >= 4 is 27.4 Å². The second kappa shape index (κ2) is 4.26. The normalized spacial score (nSPS) is 10.9. The third-order valence-electron chi connectivity index (χ3n) is 2.74. The van der Waals surface area contributed by atoms with Gasteiger partial charge in [-0.15, -0.1) is 11.3 Å². The van der Waals surface area contributed by atoms with Crippen LogP contribution in [-0.2, 0) is 11.2 Å². The summed E-state index contributed by atoms with van der Waals surface area (Å²) >= 11 is 1.75. The topological polar surface area (TPSA) is 37.3 Å². The lowest BCUT2D eigenvalue weighted by molar-refractivity contribution is -0.136. The Hall–Kier alpha value is -1.35. The van der Waals surface area contributed by atoms with Gasteiger partial charge in [-0.05, 0) is 42.8 Å². The summed E-state index contributed by atoms with van der Waals surface area (Å²) in [5, 5.41) is 9.94. The molecular weight excluding hydrogens is 220 g/mol. The van der Waals surface area contributed by atoms with Crippen molar-refractivity contribution in [3.8, 4) is 0 Å². The smallest absolute Gasteiger partial charge is 0.303 e. The van der Waals surface area contributed by atoms with E-state index in [-0.39, 0.29) is 6.42 Å². The number of benzene rings is 1. The number of thiophene rings is 1. The van der Waals surface area contributed by atoms with E-state index in [9.17, 15) is 4.79 Å². The summed E-state index contributed by atoms with van der Waals surface area (Å²) < 4.78 is 1.26. The van der Waals surface area contributed by atoms with E-state index < -0.39 is 5.97 Å². The summed E-state index contributed by atoms with van der Waals surface area (Å²) in [7, 11) is 0. The molecule has 0 unspecified atom stereocenters. The van der Waals surface area contributed by atoms with Crippen molar-refractivity contribution in [1.82, 2.24) is 0 Å². The lowest BCUT2D eigenvalue weighted by Gasteiger charge is -1.99. The fraction of sp³-hybridized carbons (Fsp3) is 0.308. The van der Waals surface area contributed by atoms with Gasteiger partial charge in [-0.25, -0.2) is 0 Å². The quantitative estimate of drug-likeness (QED) is 0.882. The fourth-order valence-electron chi connectivity index (χ4n) is 1.92. The van der Waals surface area contributed by atoms with E-state index in [4.69, 9.17) is 5.11 Å². The van der Waals surface area contributed by atoms with Gasteiger partial charge in [0.15, 0.2) is 0 Å². The van der Waals surface area contributed by atoms with Crippen LogP contribution in [0.1, 0.15) is 22.4 Å². The number of carboxylic acids is 1. The zero-order chi connectivity index (χ0) is 11.7. The van der Waals surface area contributed by atoms with Crippen molar-refractivity contribution in [3.63, 3.8) is 0 Å². The van der Waals surface area contributed by atoms with Crippen LogP contribution in [0.15, 0.2) is 18.2 Å². The second-order valence-electron chi connectivity index (χ2n) is 4.03. The SMILES string of the molecule is Cc1ccc2c(CCC(=O)O)c(C)sc2c1. The molecule has 0 amide bonds. The molecule has 0 fully saturated rings. The van der Waals surface area contributed by atoms with Crippen LogP contribution in [0, 0.1) is 13.8 Å². The molecule has 3 heteroatoms. The summed E-state index contributed by atoms with van der Waals surface area (Å²) in [6.45, 7) is 4.14. The van der Waals surface area contributed by atoms with Gasteiger partial charge in [0.1, 0.15) is 0 Å². The summed E-state index contributed by atoms with van der Waals surface area (Å²) in [5.41, 5.74) is 2.45. The van der Waals surface area contributed by atoms with Crippen molar-refractivity contribution in [2.45, 2.75) is 26.7 Å². The number of fused-ring (bicyclic) bond motifs is 1. The van der Waals surface area contributed by atoms with Gasteiger partial charge < -0.3 is 5.11 Å². The van der Waals surface area contributed by atoms with E-state index in [1.807, 2.05) is 0 Å². The summed E-state index contributed by atoms with van der Waals surface area (Å²) in [6, 6.07) is 6.35. The zero-order valence-electron chi connectivity index (χ0n) is 9.41. The molecule has 0 aliphatic rings. The lowest BCUT2D eigenvalue weighted by atomic mass is 10.0. The molecular formula is C13H14O2S. The molecule has 2 aromatic rings. The highest BCUT2D eigenvalue weighted by Gasteiger charge is 2.10. The summed E-state index contributed by atoms with van der Waals surface area (Å²) in [5.74, 6) is -0.731. The summed E-state index contributed by atoms with van der Waals surface area (Å²) in [6.07, 6.45) is 0.838. The second-order valence-corrected chi connectivity index (χ2v) is 5.29. The number of aliphatic carboxylic acids is 1. The van der Waals surface area contributed by atoms with E-state index in [1.54, 1.807) is 11.3 Å². The number of hydrogen-bond donors (Lipinski definition) is 1. The summed E-state index contributed by atoms with van der Waals surface area (Å²) in [4.78, 5) is 11.8. The molecule has 1 aromatic carbocycles. The maximum absolute atomic E-state index is 10.6. The number of hydrogen-bond acceptors (Lipinski definition) is 2. The van der Waals surface area contributed by atoms with Crippen molar-refractivity contribution < 1.29 is 9.90 Å². The number of carbonyl (C=O) groups is 1. The zero-order valence-corrected chi connectivity index (χ0v) is 10.2. The molecule has 1 N–H and O–H groups in total. The van der Waals surface area contributed by atoms with Gasteiger partial charge in [-0.3, -0.25) is 4.79 Å². The Morgan fingerprint density at radius 3 is 2.81 bits per heavy atom. The lowest BCUT2D eigenvalue weighted by Crippen LogP contribution is -1.97. The average Bonchev–Trinajstić information content (AvgIpc) is 2.50. The van der Waals surface area contributed by atoms with Gasteiger partial charge in [0.2, 0.25) is 0 Å². The van der Waals surface area contributed by atoms with E-state index in [2.05, 4.69) is 32.0 Å². The van der Waals surface area contributed by atoms with Gasteiger partial charge in [-0.2, -0.15) is 0 Å². The molecule has 0 spiro atoms. The first-order valence-corrected chi connectivity index (χ1v) is 6.10. The molecule has 0 saturated carbocycles. The predicted molar refractivity (Wildman–Crippen MR) is 67.3 cm³/mol. The molecule has 0 saturated heterocycles. The van der Waals surface area contributed by atoms with E-state index in [0.717, 1.165) is 0 Å². The van der Waals surface area contributed by atoms with Crippen LogP contribution in [0.4, 0.5) is 0 Å². The Morgan fingerprint density at radius 2 is 2.12 bits per heavy atom. The first kappa shape index (κ1) is 11.1. The monoisotopic (exact) mass is 234 g/mol. The Labute approximate surface area is 98.5 Å². The standard InChI is InChI=1S/C13H14O2S/c1-8-3-4-11-10(5-6-13(14)15)9(2)16-12(11)7-8/h3-4,7H,5-6H2,1-2H3,(H,14,15). The van der Waals surface area contributed by atoms with Gasteiger partial charge in [0.25, 0.3) is 0 Å². The van der Waals surface area contributed by atoms with E-state index in [1.165, 1.54) is 26.1 Å². The molecule has 0 aliphatic heterocycles. The van der Waals surface area contributed by atoms with E-state index >= 15 is 0 Å². The largest absolute Gasteiger partial charge is 0.481 e. The van der Waals surface area contributed by atoms with Crippen LogP contribution in [0.2, 0.25) is 0 Å². The van der Waals surface area contributed by atoms with Crippen LogP contribution >= 0.6 is 11.3 Å². The third kappa shape index (κ3) is 2.09. The first-order valence-electron chi connectivity index (χ1n) is 5.28. The van der Waals surface area contributed by atoms with Crippen LogP contribution in [-0.4, -0.2) is 11.1 Å². The minimum atomic E-state index is -0.731. The number of aryl methyl sites for hydroxylation is 3. The third-order valence-corrected chi connectivity index (χ3v) is 3.85. The highest BCUT2D eigenvalue weighted by Crippen LogP contribution is 2.32. The number of rotatable bonds is 3. The molecule has 16 heavy (non-hydrogen) atoms. The Bertz CT molecular complexity index is 540. The minimum Gasteiger partial charge on any atom is -0.481 e. The first-order chi connectivity index (χ1) is 7.58. The van der Waals surface area contributed by atoms with Gasteiger partial charge in [0, 0.05) is 16.0 Å². The minimum absolute atomic E-state index is 0.209. The molecule has 2 rings (SSSR count). The molecule has 2 nitrogen and oxygen atoms in total. The highest BCUT2D eigenvalue weighted by atomic mass is 32.1. The maximum Gasteiger partial charge on any atom is 0.303 e. The Balaban J connectivity index is 2.43. The molecule has 1 aromatic heterocycles.